The number of hydrogen-bond donors (Lipinski definition) is 2. The van der Waals surface area contributed by atoms with Gasteiger partial charge in [-0.2, -0.15) is 0 Å². The molecule has 1 saturated heterocycles. The molecule has 1 amide bonds. The average Bonchev–Trinajstić information content (AvgIpc) is 2.50. The van der Waals surface area contributed by atoms with Crippen LogP contribution in [0.25, 0.3) is 0 Å². The summed E-state index contributed by atoms with van der Waals surface area (Å²) in [4.78, 5) is 11.9. The Bertz CT molecular complexity index is 482. The molecule has 1 atom stereocenters. The van der Waals surface area contributed by atoms with Crippen LogP contribution in [0, 0.1) is 0 Å². The van der Waals surface area contributed by atoms with E-state index in [0.29, 0.717) is 29.0 Å². The molecule has 124 valence electrons. The van der Waals surface area contributed by atoms with E-state index in [0.717, 1.165) is 25.2 Å². The van der Waals surface area contributed by atoms with Crippen molar-refractivity contribution in [3.05, 3.63) is 18.2 Å². The zero-order valence-electron chi connectivity index (χ0n) is 12.7. The van der Waals surface area contributed by atoms with Crippen molar-refractivity contribution in [3.63, 3.8) is 0 Å². The minimum absolute atomic E-state index is 0. The van der Waals surface area contributed by atoms with Crippen molar-refractivity contribution in [1.82, 2.24) is 0 Å². The zero-order chi connectivity index (χ0) is 15.1. The van der Waals surface area contributed by atoms with Crippen molar-refractivity contribution in [1.29, 1.82) is 0 Å². The predicted molar refractivity (Wildman–Crippen MR) is 94.2 cm³/mol. The van der Waals surface area contributed by atoms with E-state index in [-0.39, 0.29) is 18.3 Å². The summed E-state index contributed by atoms with van der Waals surface area (Å²) in [5.41, 5.74) is 6.96. The van der Waals surface area contributed by atoms with E-state index in [9.17, 15) is 4.79 Å². The molecule has 0 aliphatic carbocycles. The molecular weight excluding hydrogens is 324 g/mol. The lowest BCUT2D eigenvalue weighted by atomic mass is 10.1. The van der Waals surface area contributed by atoms with E-state index in [1.54, 1.807) is 37.1 Å². The first-order chi connectivity index (χ1) is 10.2. The quantitative estimate of drug-likeness (QED) is 0.775. The van der Waals surface area contributed by atoms with Crippen LogP contribution in [0.3, 0.4) is 0 Å². The van der Waals surface area contributed by atoms with Gasteiger partial charge in [0.1, 0.15) is 5.75 Å². The van der Waals surface area contributed by atoms with Crippen molar-refractivity contribution in [3.8, 4) is 5.75 Å². The van der Waals surface area contributed by atoms with Crippen molar-refractivity contribution in [2.24, 2.45) is 0 Å². The number of halogens is 1. The van der Waals surface area contributed by atoms with E-state index >= 15 is 0 Å². The fraction of sp³-hybridized carbons (Fsp3) is 0.533. The van der Waals surface area contributed by atoms with Gasteiger partial charge in [-0.1, -0.05) is 0 Å². The molecule has 5 nitrogen and oxygen atoms in total. The standard InChI is InChI=1S/C15H22N2O3S.ClH/c1-19-11-5-6-13(16)14(8-11)17-15(18)10-21-9-12-4-2-3-7-20-12;/h5-6,8,12H,2-4,7,9-10,16H2,1H3,(H,17,18);1H. The molecule has 1 aromatic carbocycles. The number of rotatable bonds is 6. The van der Waals surface area contributed by atoms with Crippen molar-refractivity contribution in [2.75, 3.05) is 36.3 Å². The van der Waals surface area contributed by atoms with E-state index in [1.165, 1.54) is 6.42 Å². The van der Waals surface area contributed by atoms with E-state index < -0.39 is 0 Å². The maximum absolute atomic E-state index is 11.9. The molecule has 1 unspecified atom stereocenters. The molecular formula is C15H23ClN2O3S. The van der Waals surface area contributed by atoms with Crippen LogP contribution in [0.1, 0.15) is 19.3 Å². The Hall–Kier alpha value is -1.11. The second-order valence-corrected chi connectivity index (χ2v) is 6.04. The van der Waals surface area contributed by atoms with Gasteiger partial charge in [0.15, 0.2) is 0 Å². The number of benzene rings is 1. The lowest BCUT2D eigenvalue weighted by molar-refractivity contribution is -0.113. The van der Waals surface area contributed by atoms with Crippen LogP contribution < -0.4 is 15.8 Å². The summed E-state index contributed by atoms with van der Waals surface area (Å²) >= 11 is 1.59. The number of methoxy groups -OCH3 is 1. The third kappa shape index (κ3) is 5.94. The second kappa shape index (κ2) is 9.82. The predicted octanol–water partition coefficient (Wildman–Crippen LogP) is 2.94. The SMILES string of the molecule is COc1ccc(N)c(NC(=O)CSCC2CCCCO2)c1.Cl. The number of ether oxygens (including phenoxy) is 2. The Morgan fingerprint density at radius 3 is 3.00 bits per heavy atom. The number of nitrogen functional groups attached to an aromatic ring is 1. The summed E-state index contributed by atoms with van der Waals surface area (Å²) in [5, 5.41) is 2.82. The van der Waals surface area contributed by atoms with Crippen LogP contribution in [0.2, 0.25) is 0 Å². The van der Waals surface area contributed by atoms with Crippen LogP contribution in [0.5, 0.6) is 5.75 Å². The molecule has 1 aliphatic rings. The minimum atomic E-state index is -0.0595. The third-order valence-electron chi connectivity index (χ3n) is 3.35. The monoisotopic (exact) mass is 346 g/mol. The highest BCUT2D eigenvalue weighted by atomic mass is 35.5. The highest BCUT2D eigenvalue weighted by Crippen LogP contribution is 2.24. The normalized spacial score (nSPS) is 17.4. The maximum atomic E-state index is 11.9. The minimum Gasteiger partial charge on any atom is -0.497 e. The van der Waals surface area contributed by atoms with Gasteiger partial charge in [-0.25, -0.2) is 0 Å². The number of carbonyl (C=O) groups is 1. The number of anilines is 2. The topological polar surface area (TPSA) is 73.6 Å². The van der Waals surface area contributed by atoms with Gasteiger partial charge in [0.2, 0.25) is 5.91 Å². The molecule has 0 radical (unpaired) electrons. The van der Waals surface area contributed by atoms with Gasteiger partial charge in [-0.05, 0) is 31.4 Å². The summed E-state index contributed by atoms with van der Waals surface area (Å²) in [7, 11) is 1.58. The Morgan fingerprint density at radius 1 is 1.50 bits per heavy atom. The molecule has 0 bridgehead atoms. The Kier molecular flexibility index (Phi) is 8.45. The fourth-order valence-corrected chi connectivity index (χ4v) is 3.08. The molecule has 22 heavy (non-hydrogen) atoms. The van der Waals surface area contributed by atoms with Crippen LogP contribution in [0.4, 0.5) is 11.4 Å². The fourth-order valence-electron chi connectivity index (χ4n) is 2.18. The number of nitrogens with two attached hydrogens (primary N) is 1. The van der Waals surface area contributed by atoms with Crippen molar-refractivity contribution in [2.45, 2.75) is 25.4 Å². The maximum Gasteiger partial charge on any atom is 0.234 e. The zero-order valence-corrected chi connectivity index (χ0v) is 14.3. The summed E-state index contributed by atoms with van der Waals surface area (Å²) < 4.78 is 10.8. The number of carbonyl (C=O) groups excluding carboxylic acids is 1. The summed E-state index contributed by atoms with van der Waals surface area (Å²) in [5.74, 6) is 1.87. The first kappa shape index (κ1) is 18.9. The first-order valence-electron chi connectivity index (χ1n) is 7.11. The molecule has 0 aromatic heterocycles. The van der Waals surface area contributed by atoms with Gasteiger partial charge in [-0.15, -0.1) is 24.2 Å². The molecule has 1 fully saturated rings. The van der Waals surface area contributed by atoms with Gasteiger partial charge in [-0.3, -0.25) is 4.79 Å². The second-order valence-electron chi connectivity index (χ2n) is 5.01. The molecule has 2 rings (SSSR count). The molecule has 1 heterocycles. The third-order valence-corrected chi connectivity index (χ3v) is 4.42. The van der Waals surface area contributed by atoms with Gasteiger partial charge >= 0.3 is 0 Å². The lowest BCUT2D eigenvalue weighted by Crippen LogP contribution is -2.23. The molecule has 1 aliphatic heterocycles. The van der Waals surface area contributed by atoms with E-state index in [2.05, 4.69) is 5.32 Å². The lowest BCUT2D eigenvalue weighted by Gasteiger charge is -2.21. The van der Waals surface area contributed by atoms with Crippen molar-refractivity contribution < 1.29 is 14.3 Å². The average molecular weight is 347 g/mol. The Balaban J connectivity index is 0.00000242. The smallest absolute Gasteiger partial charge is 0.234 e. The van der Waals surface area contributed by atoms with E-state index in [4.69, 9.17) is 15.2 Å². The van der Waals surface area contributed by atoms with Crippen LogP contribution in [-0.4, -0.2) is 37.2 Å². The Morgan fingerprint density at radius 2 is 2.32 bits per heavy atom. The summed E-state index contributed by atoms with van der Waals surface area (Å²) in [6.07, 6.45) is 3.75. The van der Waals surface area contributed by atoms with Gasteiger partial charge in [0, 0.05) is 18.4 Å². The molecule has 0 spiro atoms. The molecule has 0 saturated carbocycles. The molecule has 7 heteroatoms. The number of amides is 1. The van der Waals surface area contributed by atoms with Crippen molar-refractivity contribution >= 4 is 41.5 Å². The molecule has 1 aromatic rings. The van der Waals surface area contributed by atoms with Gasteiger partial charge in [0.25, 0.3) is 0 Å². The first-order valence-corrected chi connectivity index (χ1v) is 8.27. The van der Waals surface area contributed by atoms with Gasteiger partial charge in [0.05, 0.1) is 30.3 Å². The van der Waals surface area contributed by atoms with Crippen LogP contribution >= 0.6 is 24.2 Å². The largest absolute Gasteiger partial charge is 0.497 e. The van der Waals surface area contributed by atoms with Gasteiger partial charge < -0.3 is 20.5 Å². The molecule has 3 N–H and O–H groups in total. The Labute approximate surface area is 141 Å². The highest BCUT2D eigenvalue weighted by Gasteiger charge is 2.14. The number of thioether (sulfide) groups is 1. The van der Waals surface area contributed by atoms with E-state index in [1.807, 2.05) is 0 Å². The number of hydrogen-bond acceptors (Lipinski definition) is 5. The number of nitrogens with one attached hydrogen (secondary N) is 1. The van der Waals surface area contributed by atoms with Crippen LogP contribution in [0.15, 0.2) is 18.2 Å². The summed E-state index contributed by atoms with van der Waals surface area (Å²) in [6, 6.07) is 5.21. The van der Waals surface area contributed by atoms with Crippen LogP contribution in [-0.2, 0) is 9.53 Å². The summed E-state index contributed by atoms with van der Waals surface area (Å²) in [6.45, 7) is 0.845. The highest BCUT2D eigenvalue weighted by molar-refractivity contribution is 8.00.